The van der Waals surface area contributed by atoms with E-state index in [4.69, 9.17) is 0 Å². The number of nitrogens with one attached hydrogen (secondary N) is 1. The van der Waals surface area contributed by atoms with Crippen LogP contribution in [0.25, 0.3) is 0 Å². The molecule has 0 amide bonds. The molecule has 1 aromatic rings. The molecule has 4 nitrogen and oxygen atoms in total. The molecule has 0 spiro atoms. The molecule has 1 N–H and O–H groups in total. The SMILES string of the molecule is CNCc1cnc(CS(C)(=O)=O)s1. The summed E-state index contributed by atoms with van der Waals surface area (Å²) in [7, 11) is -1.11. The molecule has 0 atom stereocenters. The van der Waals surface area contributed by atoms with Gasteiger partial charge in [0.25, 0.3) is 0 Å². The highest BCUT2D eigenvalue weighted by molar-refractivity contribution is 7.90. The van der Waals surface area contributed by atoms with Gasteiger partial charge in [-0.1, -0.05) is 0 Å². The minimum atomic E-state index is -2.95. The first-order chi connectivity index (χ1) is 6.01. The van der Waals surface area contributed by atoms with Crippen molar-refractivity contribution in [3.63, 3.8) is 0 Å². The Labute approximate surface area is 81.9 Å². The number of aromatic nitrogens is 1. The van der Waals surface area contributed by atoms with E-state index in [2.05, 4.69) is 10.3 Å². The van der Waals surface area contributed by atoms with Crippen LogP contribution < -0.4 is 5.32 Å². The highest BCUT2D eigenvalue weighted by Gasteiger charge is 2.08. The van der Waals surface area contributed by atoms with Crippen LogP contribution in [0.1, 0.15) is 9.88 Å². The molecule has 0 aliphatic rings. The quantitative estimate of drug-likeness (QED) is 0.798. The van der Waals surface area contributed by atoms with Gasteiger partial charge in [-0.3, -0.25) is 0 Å². The van der Waals surface area contributed by atoms with E-state index in [1.807, 2.05) is 7.05 Å². The van der Waals surface area contributed by atoms with E-state index >= 15 is 0 Å². The van der Waals surface area contributed by atoms with Gasteiger partial charge in [-0.15, -0.1) is 11.3 Å². The number of sulfone groups is 1. The van der Waals surface area contributed by atoms with Gasteiger partial charge < -0.3 is 5.32 Å². The van der Waals surface area contributed by atoms with Crippen molar-refractivity contribution < 1.29 is 8.42 Å². The summed E-state index contributed by atoms with van der Waals surface area (Å²) in [4.78, 5) is 5.08. The van der Waals surface area contributed by atoms with Crippen LogP contribution in [0, 0.1) is 0 Å². The molecule has 6 heteroatoms. The fraction of sp³-hybridized carbons (Fsp3) is 0.571. The average Bonchev–Trinajstić information content (AvgIpc) is 2.33. The standard InChI is InChI=1S/C7H12N2O2S2/c1-8-3-6-4-9-7(12-6)5-13(2,10)11/h4,8H,3,5H2,1-2H3. The number of hydrogen-bond acceptors (Lipinski definition) is 5. The maximum Gasteiger partial charge on any atom is 0.153 e. The molecule has 0 radical (unpaired) electrons. The Morgan fingerprint density at radius 2 is 2.31 bits per heavy atom. The van der Waals surface area contributed by atoms with Gasteiger partial charge in [0.05, 0.1) is 0 Å². The predicted molar refractivity (Wildman–Crippen MR) is 53.4 cm³/mol. The molecular weight excluding hydrogens is 208 g/mol. The van der Waals surface area contributed by atoms with Crippen molar-refractivity contribution in [2.75, 3.05) is 13.3 Å². The van der Waals surface area contributed by atoms with E-state index in [1.165, 1.54) is 17.6 Å². The summed E-state index contributed by atoms with van der Waals surface area (Å²) in [6.45, 7) is 0.738. The van der Waals surface area contributed by atoms with Gasteiger partial charge in [-0.05, 0) is 7.05 Å². The Balaban J connectivity index is 2.69. The molecule has 0 aromatic carbocycles. The Hall–Kier alpha value is -0.460. The van der Waals surface area contributed by atoms with Gasteiger partial charge in [0.1, 0.15) is 10.8 Å². The number of rotatable bonds is 4. The molecule has 74 valence electrons. The minimum absolute atomic E-state index is 0.0430. The van der Waals surface area contributed by atoms with Gasteiger partial charge in [0, 0.05) is 23.9 Å². The normalized spacial score (nSPS) is 11.8. The van der Waals surface area contributed by atoms with Crippen LogP contribution in [0.4, 0.5) is 0 Å². The summed E-state index contributed by atoms with van der Waals surface area (Å²) in [5.41, 5.74) is 0. The predicted octanol–water partition coefficient (Wildman–Crippen LogP) is 0.407. The van der Waals surface area contributed by atoms with Crippen molar-refractivity contribution in [3.05, 3.63) is 16.1 Å². The zero-order chi connectivity index (χ0) is 9.90. The second kappa shape index (κ2) is 4.17. The van der Waals surface area contributed by atoms with Gasteiger partial charge in [-0.2, -0.15) is 0 Å². The Morgan fingerprint density at radius 3 is 2.85 bits per heavy atom. The lowest BCUT2D eigenvalue weighted by Gasteiger charge is -1.92. The lowest BCUT2D eigenvalue weighted by Crippen LogP contribution is -2.02. The molecule has 1 aromatic heterocycles. The summed E-state index contributed by atoms with van der Waals surface area (Å²) >= 11 is 1.43. The van der Waals surface area contributed by atoms with Gasteiger partial charge in [0.2, 0.25) is 0 Å². The van der Waals surface area contributed by atoms with Gasteiger partial charge in [-0.25, -0.2) is 13.4 Å². The number of thiazole rings is 1. The van der Waals surface area contributed by atoms with Crippen LogP contribution in [0.15, 0.2) is 6.20 Å². The fourth-order valence-electron chi connectivity index (χ4n) is 0.895. The first-order valence-corrected chi connectivity index (χ1v) is 6.65. The van der Waals surface area contributed by atoms with Crippen molar-refractivity contribution in [1.82, 2.24) is 10.3 Å². The van der Waals surface area contributed by atoms with E-state index in [-0.39, 0.29) is 5.75 Å². The largest absolute Gasteiger partial charge is 0.315 e. The lowest BCUT2D eigenvalue weighted by atomic mass is 10.5. The Bertz CT molecular complexity index is 370. The third-order valence-corrected chi connectivity index (χ3v) is 3.32. The van der Waals surface area contributed by atoms with Crippen molar-refractivity contribution in [3.8, 4) is 0 Å². The third-order valence-electron chi connectivity index (χ3n) is 1.34. The van der Waals surface area contributed by atoms with Crippen LogP contribution in [0.2, 0.25) is 0 Å². The van der Waals surface area contributed by atoms with Crippen molar-refractivity contribution in [2.24, 2.45) is 0 Å². The molecular formula is C7H12N2O2S2. The Morgan fingerprint density at radius 1 is 1.62 bits per heavy atom. The van der Waals surface area contributed by atoms with Gasteiger partial charge >= 0.3 is 0 Å². The number of nitrogens with zero attached hydrogens (tertiary/aromatic N) is 1. The van der Waals surface area contributed by atoms with Crippen molar-refractivity contribution in [1.29, 1.82) is 0 Å². The topological polar surface area (TPSA) is 59.1 Å². The van der Waals surface area contributed by atoms with Crippen molar-refractivity contribution in [2.45, 2.75) is 12.3 Å². The summed E-state index contributed by atoms with van der Waals surface area (Å²) in [6, 6.07) is 0. The molecule has 1 rings (SSSR count). The molecule has 0 fully saturated rings. The fourth-order valence-corrected chi connectivity index (χ4v) is 3.03. The second-order valence-electron chi connectivity index (χ2n) is 2.82. The van der Waals surface area contributed by atoms with Crippen molar-refractivity contribution >= 4 is 21.2 Å². The van der Waals surface area contributed by atoms with E-state index in [1.54, 1.807) is 6.20 Å². The maximum atomic E-state index is 10.9. The van der Waals surface area contributed by atoms with Crippen LogP contribution in [-0.2, 0) is 22.1 Å². The Kier molecular flexibility index (Phi) is 3.40. The van der Waals surface area contributed by atoms with E-state index in [0.29, 0.717) is 5.01 Å². The third kappa shape index (κ3) is 3.84. The molecule has 0 aliphatic heterocycles. The molecule has 0 saturated carbocycles. The molecule has 0 aliphatic carbocycles. The molecule has 1 heterocycles. The molecule has 0 unspecified atom stereocenters. The van der Waals surface area contributed by atoms with E-state index in [9.17, 15) is 8.42 Å². The van der Waals surface area contributed by atoms with E-state index in [0.717, 1.165) is 11.4 Å². The summed E-state index contributed by atoms with van der Waals surface area (Å²) < 4.78 is 21.8. The number of hydrogen-bond donors (Lipinski definition) is 1. The monoisotopic (exact) mass is 220 g/mol. The van der Waals surface area contributed by atoms with E-state index < -0.39 is 9.84 Å². The van der Waals surface area contributed by atoms with Gasteiger partial charge in [0.15, 0.2) is 9.84 Å². The zero-order valence-corrected chi connectivity index (χ0v) is 9.20. The molecule has 13 heavy (non-hydrogen) atoms. The smallest absolute Gasteiger partial charge is 0.153 e. The van der Waals surface area contributed by atoms with Crippen LogP contribution in [-0.4, -0.2) is 26.7 Å². The highest BCUT2D eigenvalue weighted by Crippen LogP contribution is 2.14. The summed E-state index contributed by atoms with van der Waals surface area (Å²) in [5.74, 6) is 0.0430. The summed E-state index contributed by atoms with van der Waals surface area (Å²) in [6.07, 6.45) is 2.92. The average molecular weight is 220 g/mol. The summed E-state index contributed by atoms with van der Waals surface area (Å²) in [5, 5.41) is 3.64. The highest BCUT2D eigenvalue weighted by atomic mass is 32.2. The molecule has 0 saturated heterocycles. The van der Waals surface area contributed by atoms with Crippen LogP contribution in [0.5, 0.6) is 0 Å². The first kappa shape index (κ1) is 10.6. The van der Waals surface area contributed by atoms with Crippen LogP contribution >= 0.6 is 11.3 Å². The maximum absolute atomic E-state index is 10.9. The lowest BCUT2D eigenvalue weighted by molar-refractivity contribution is 0.601. The first-order valence-electron chi connectivity index (χ1n) is 3.77. The second-order valence-corrected chi connectivity index (χ2v) is 6.16. The minimum Gasteiger partial charge on any atom is -0.315 e. The molecule has 0 bridgehead atoms. The van der Waals surface area contributed by atoms with Crippen LogP contribution in [0.3, 0.4) is 0 Å². The zero-order valence-electron chi connectivity index (χ0n) is 7.57.